The lowest BCUT2D eigenvalue weighted by molar-refractivity contribution is -0.146. The van der Waals surface area contributed by atoms with E-state index in [1.165, 1.54) is 0 Å². The van der Waals surface area contributed by atoms with E-state index in [-0.39, 0.29) is 6.61 Å². The summed E-state index contributed by atoms with van der Waals surface area (Å²) in [6.45, 7) is 2.12. The topological polar surface area (TPSA) is 21.3 Å². The van der Waals surface area contributed by atoms with Crippen LogP contribution >= 0.6 is 0 Å². The highest BCUT2D eigenvalue weighted by atomic mass is 19.4. The van der Waals surface area contributed by atoms with E-state index in [2.05, 4.69) is 5.32 Å². The minimum Gasteiger partial charge on any atom is -0.381 e. The first-order valence-electron chi connectivity index (χ1n) is 4.93. The summed E-state index contributed by atoms with van der Waals surface area (Å²) >= 11 is 0. The molecule has 1 atom stereocenters. The van der Waals surface area contributed by atoms with Gasteiger partial charge in [0.25, 0.3) is 0 Å². The third kappa shape index (κ3) is 5.44. The summed E-state index contributed by atoms with van der Waals surface area (Å²) in [6, 6.07) is 0. The number of piperidine rings is 1. The van der Waals surface area contributed by atoms with Gasteiger partial charge in [-0.2, -0.15) is 13.2 Å². The molecule has 0 aromatic heterocycles. The summed E-state index contributed by atoms with van der Waals surface area (Å²) in [5, 5.41) is 3.19. The first-order valence-corrected chi connectivity index (χ1v) is 4.93. The van der Waals surface area contributed by atoms with Crippen LogP contribution in [0.15, 0.2) is 0 Å². The molecule has 0 spiro atoms. The molecule has 1 N–H and O–H groups in total. The molecule has 0 aromatic carbocycles. The minimum atomic E-state index is -4.09. The highest BCUT2D eigenvalue weighted by Crippen LogP contribution is 2.19. The third-order valence-electron chi connectivity index (χ3n) is 2.28. The van der Waals surface area contributed by atoms with Gasteiger partial charge in [0.1, 0.15) is 0 Å². The largest absolute Gasteiger partial charge is 0.391 e. The van der Waals surface area contributed by atoms with E-state index < -0.39 is 12.6 Å². The normalized spacial score (nSPS) is 23.8. The Bertz CT molecular complexity index is 155. The van der Waals surface area contributed by atoms with Crippen LogP contribution in [0.4, 0.5) is 13.2 Å². The molecule has 1 fully saturated rings. The van der Waals surface area contributed by atoms with Gasteiger partial charge in [-0.15, -0.1) is 0 Å². The average Bonchev–Trinajstić information content (AvgIpc) is 2.13. The average molecular weight is 211 g/mol. The summed E-state index contributed by atoms with van der Waals surface area (Å²) in [5.41, 5.74) is 0. The maximum Gasteiger partial charge on any atom is 0.391 e. The van der Waals surface area contributed by atoms with Crippen LogP contribution in [-0.2, 0) is 4.74 Å². The van der Waals surface area contributed by atoms with Crippen LogP contribution in [-0.4, -0.2) is 32.5 Å². The Balaban J connectivity index is 1.97. The van der Waals surface area contributed by atoms with Gasteiger partial charge in [-0.05, 0) is 25.3 Å². The predicted molar refractivity (Wildman–Crippen MR) is 47.1 cm³/mol. The third-order valence-corrected chi connectivity index (χ3v) is 2.28. The molecule has 0 amide bonds. The van der Waals surface area contributed by atoms with Gasteiger partial charge in [-0.3, -0.25) is 0 Å². The van der Waals surface area contributed by atoms with Crippen LogP contribution in [0.2, 0.25) is 0 Å². The molecule has 1 saturated heterocycles. The minimum absolute atomic E-state index is 0.208. The molecule has 0 bridgehead atoms. The van der Waals surface area contributed by atoms with Crippen LogP contribution < -0.4 is 5.32 Å². The highest BCUT2D eigenvalue weighted by molar-refractivity contribution is 4.68. The Morgan fingerprint density at radius 1 is 1.36 bits per heavy atom. The van der Waals surface area contributed by atoms with Crippen LogP contribution in [0.5, 0.6) is 0 Å². The lowest BCUT2D eigenvalue weighted by Gasteiger charge is -2.22. The Morgan fingerprint density at radius 3 is 2.71 bits per heavy atom. The standard InChI is InChI=1S/C9H16F3NO/c10-9(11,12)3-5-14-7-8-2-1-4-13-6-8/h8,13H,1-7H2. The van der Waals surface area contributed by atoms with Crippen molar-refractivity contribution in [2.24, 2.45) is 5.92 Å². The van der Waals surface area contributed by atoms with Gasteiger partial charge in [0.15, 0.2) is 0 Å². The molecular weight excluding hydrogens is 195 g/mol. The molecule has 1 rings (SSSR count). The van der Waals surface area contributed by atoms with Crippen LogP contribution in [0.3, 0.4) is 0 Å². The first kappa shape index (κ1) is 11.8. The molecule has 1 aliphatic heterocycles. The van der Waals surface area contributed by atoms with Crippen LogP contribution in [0.25, 0.3) is 0 Å². The summed E-state index contributed by atoms with van der Waals surface area (Å²) in [7, 11) is 0. The fourth-order valence-corrected chi connectivity index (χ4v) is 1.50. The summed E-state index contributed by atoms with van der Waals surface area (Å²) in [4.78, 5) is 0. The fraction of sp³-hybridized carbons (Fsp3) is 1.00. The molecule has 1 heterocycles. The molecule has 2 nitrogen and oxygen atoms in total. The molecule has 0 saturated carbocycles. The highest BCUT2D eigenvalue weighted by Gasteiger charge is 2.26. The molecule has 1 unspecified atom stereocenters. The van der Waals surface area contributed by atoms with Gasteiger partial charge in [0.05, 0.1) is 19.6 Å². The van der Waals surface area contributed by atoms with E-state index in [4.69, 9.17) is 4.74 Å². The van der Waals surface area contributed by atoms with Crippen molar-refractivity contribution < 1.29 is 17.9 Å². The van der Waals surface area contributed by atoms with Crippen LogP contribution in [0, 0.1) is 5.92 Å². The molecule has 1 aliphatic rings. The molecule has 0 aliphatic carbocycles. The van der Waals surface area contributed by atoms with Crippen molar-refractivity contribution in [3.05, 3.63) is 0 Å². The molecule has 0 aromatic rings. The number of halogens is 3. The Labute approximate surface area is 81.8 Å². The summed E-state index contributed by atoms with van der Waals surface area (Å²) < 4.78 is 40.2. The summed E-state index contributed by atoms with van der Waals surface area (Å²) in [6.07, 6.45) is -2.79. The van der Waals surface area contributed by atoms with Crippen molar-refractivity contribution in [1.29, 1.82) is 0 Å². The fourth-order valence-electron chi connectivity index (χ4n) is 1.50. The van der Waals surface area contributed by atoms with Crippen molar-refractivity contribution in [3.63, 3.8) is 0 Å². The number of alkyl halides is 3. The quantitative estimate of drug-likeness (QED) is 0.718. The van der Waals surface area contributed by atoms with Gasteiger partial charge in [0, 0.05) is 6.54 Å². The number of ether oxygens (including phenoxy) is 1. The maximum absolute atomic E-state index is 11.7. The van der Waals surface area contributed by atoms with E-state index >= 15 is 0 Å². The maximum atomic E-state index is 11.7. The van der Waals surface area contributed by atoms with Crippen molar-refractivity contribution in [1.82, 2.24) is 5.32 Å². The van der Waals surface area contributed by atoms with Crippen molar-refractivity contribution >= 4 is 0 Å². The van der Waals surface area contributed by atoms with Gasteiger partial charge < -0.3 is 10.1 Å². The van der Waals surface area contributed by atoms with Gasteiger partial charge in [-0.1, -0.05) is 0 Å². The zero-order chi connectivity index (χ0) is 10.4. The van der Waals surface area contributed by atoms with Gasteiger partial charge in [-0.25, -0.2) is 0 Å². The molecule has 5 heteroatoms. The zero-order valence-corrected chi connectivity index (χ0v) is 8.07. The number of nitrogens with one attached hydrogen (secondary N) is 1. The van der Waals surface area contributed by atoms with E-state index in [0.717, 1.165) is 25.9 Å². The molecular formula is C9H16F3NO. The Morgan fingerprint density at radius 2 is 2.14 bits per heavy atom. The number of hydrogen-bond donors (Lipinski definition) is 1. The molecule has 0 radical (unpaired) electrons. The lowest BCUT2D eigenvalue weighted by atomic mass is 10.0. The van der Waals surface area contributed by atoms with Crippen molar-refractivity contribution in [2.45, 2.75) is 25.4 Å². The summed E-state index contributed by atoms with van der Waals surface area (Å²) in [5.74, 6) is 0.386. The smallest absolute Gasteiger partial charge is 0.381 e. The van der Waals surface area contributed by atoms with E-state index in [9.17, 15) is 13.2 Å². The van der Waals surface area contributed by atoms with Crippen molar-refractivity contribution in [3.8, 4) is 0 Å². The number of rotatable bonds is 4. The van der Waals surface area contributed by atoms with Crippen molar-refractivity contribution in [2.75, 3.05) is 26.3 Å². The SMILES string of the molecule is FC(F)(F)CCOCC1CCCNC1. The van der Waals surface area contributed by atoms with Gasteiger partial charge in [0.2, 0.25) is 0 Å². The monoisotopic (exact) mass is 211 g/mol. The predicted octanol–water partition coefficient (Wildman–Crippen LogP) is 1.95. The molecule has 14 heavy (non-hydrogen) atoms. The second-order valence-electron chi connectivity index (χ2n) is 3.65. The molecule has 84 valence electrons. The Hall–Kier alpha value is -0.290. The first-order chi connectivity index (χ1) is 6.58. The zero-order valence-electron chi connectivity index (χ0n) is 8.07. The lowest BCUT2D eigenvalue weighted by Crippen LogP contribution is -2.32. The second-order valence-corrected chi connectivity index (χ2v) is 3.65. The number of hydrogen-bond acceptors (Lipinski definition) is 2. The van der Waals surface area contributed by atoms with E-state index in [0.29, 0.717) is 12.5 Å². The van der Waals surface area contributed by atoms with Crippen LogP contribution in [0.1, 0.15) is 19.3 Å². The van der Waals surface area contributed by atoms with E-state index in [1.54, 1.807) is 0 Å². The van der Waals surface area contributed by atoms with E-state index in [1.807, 2.05) is 0 Å². The second kappa shape index (κ2) is 5.56. The Kier molecular flexibility index (Phi) is 4.68. The van der Waals surface area contributed by atoms with Gasteiger partial charge >= 0.3 is 6.18 Å².